The summed E-state index contributed by atoms with van der Waals surface area (Å²) in [4.78, 5) is 32.8. The number of rotatable bonds is 6. The normalized spacial score (nSPS) is 8.70. The highest BCUT2D eigenvalue weighted by Crippen LogP contribution is 1.93. The Morgan fingerprint density at radius 3 is 2.30 bits per heavy atom. The van der Waals surface area contributed by atoms with Crippen LogP contribution < -0.4 is 0 Å². The molecule has 0 aliphatic heterocycles. The third-order valence-corrected chi connectivity index (χ3v) is 1.92. The van der Waals surface area contributed by atoms with Crippen molar-refractivity contribution in [1.29, 1.82) is 0 Å². The van der Waals surface area contributed by atoms with Crippen LogP contribution in [0, 0.1) is 0 Å². The second kappa shape index (κ2) is 14.6. The molecule has 1 aromatic heterocycles. The van der Waals surface area contributed by atoms with E-state index in [0.29, 0.717) is 0 Å². The summed E-state index contributed by atoms with van der Waals surface area (Å²) in [5.41, 5.74) is 0. The van der Waals surface area contributed by atoms with Gasteiger partial charge in [-0.15, -0.1) is 0 Å². The first-order valence-electron chi connectivity index (χ1n) is 5.53. The van der Waals surface area contributed by atoms with E-state index in [9.17, 15) is 4.79 Å². The Bertz CT molecular complexity index is 349. The summed E-state index contributed by atoms with van der Waals surface area (Å²) in [6.45, 7) is 1.26. The predicted octanol–water partition coefficient (Wildman–Crippen LogP) is -0.309. The number of carbonyl (C=O) groups is 3. The van der Waals surface area contributed by atoms with Crippen molar-refractivity contribution in [1.82, 2.24) is 14.5 Å². The first kappa shape index (κ1) is 19.9. The van der Waals surface area contributed by atoms with Gasteiger partial charge in [0.05, 0.1) is 12.9 Å². The zero-order valence-electron chi connectivity index (χ0n) is 11.1. The van der Waals surface area contributed by atoms with Crippen LogP contribution in [-0.4, -0.2) is 68.8 Å². The lowest BCUT2D eigenvalue weighted by molar-refractivity contribution is -0.138. The van der Waals surface area contributed by atoms with Crippen molar-refractivity contribution in [2.75, 3.05) is 20.1 Å². The molecule has 0 spiro atoms. The number of carboxylic acids is 1. The molecule has 0 fully saturated rings. The summed E-state index contributed by atoms with van der Waals surface area (Å²) in [7, 11) is 1.81. The smallest absolute Gasteiger partial charge is 0.317 e. The van der Waals surface area contributed by atoms with Gasteiger partial charge in [-0.3, -0.25) is 19.3 Å². The van der Waals surface area contributed by atoms with Crippen LogP contribution in [-0.2, 0) is 20.9 Å². The minimum atomic E-state index is -0.782. The molecule has 0 atom stereocenters. The number of carboxylic acid groups (broad SMARTS) is 3. The Morgan fingerprint density at radius 1 is 1.35 bits per heavy atom. The summed E-state index contributed by atoms with van der Waals surface area (Å²) in [5.74, 6) is -0.782. The van der Waals surface area contributed by atoms with Gasteiger partial charge in [-0.25, -0.2) is 4.98 Å². The summed E-state index contributed by atoms with van der Waals surface area (Å²) in [5, 5.41) is 22.3. The van der Waals surface area contributed by atoms with E-state index in [1.165, 1.54) is 0 Å². The Kier molecular flexibility index (Phi) is 14.6. The molecule has 0 amide bonds. The lowest BCUT2D eigenvalue weighted by Crippen LogP contribution is -2.27. The maximum atomic E-state index is 10.3. The second-order valence-corrected chi connectivity index (χ2v) is 3.50. The molecular formula is C11H19N3O6. The Balaban J connectivity index is 0. The maximum absolute atomic E-state index is 10.3. The molecule has 0 radical (unpaired) electrons. The lowest BCUT2D eigenvalue weighted by atomic mass is 10.4. The summed E-state index contributed by atoms with van der Waals surface area (Å²) in [6, 6.07) is 0. The highest BCUT2D eigenvalue weighted by Gasteiger charge is 2.02. The molecule has 0 unspecified atom stereocenters. The maximum Gasteiger partial charge on any atom is 0.317 e. The topological polar surface area (TPSA) is 133 Å². The van der Waals surface area contributed by atoms with Crippen LogP contribution in [0.4, 0.5) is 0 Å². The van der Waals surface area contributed by atoms with Gasteiger partial charge < -0.3 is 19.9 Å². The number of hydrogen-bond donors (Lipinski definition) is 3. The molecule has 0 saturated carbocycles. The van der Waals surface area contributed by atoms with Crippen molar-refractivity contribution in [3.8, 4) is 0 Å². The quantitative estimate of drug-likeness (QED) is 0.607. The van der Waals surface area contributed by atoms with Gasteiger partial charge in [0, 0.05) is 25.5 Å². The van der Waals surface area contributed by atoms with E-state index in [4.69, 9.17) is 24.9 Å². The monoisotopic (exact) mass is 289 g/mol. The van der Waals surface area contributed by atoms with Gasteiger partial charge in [-0.05, 0) is 13.5 Å². The molecule has 9 nitrogen and oxygen atoms in total. The first-order valence-corrected chi connectivity index (χ1v) is 5.53. The van der Waals surface area contributed by atoms with E-state index < -0.39 is 5.97 Å². The minimum Gasteiger partial charge on any atom is -0.483 e. The van der Waals surface area contributed by atoms with E-state index in [-0.39, 0.29) is 19.5 Å². The Hall–Kier alpha value is -2.42. The molecule has 0 bridgehead atoms. The van der Waals surface area contributed by atoms with Crippen LogP contribution in [0.5, 0.6) is 0 Å². The van der Waals surface area contributed by atoms with Crippen molar-refractivity contribution in [2.24, 2.45) is 0 Å². The van der Waals surface area contributed by atoms with E-state index >= 15 is 0 Å². The molecule has 3 N–H and O–H groups in total. The molecule has 0 aliphatic rings. The number of aliphatic carboxylic acids is 1. The lowest BCUT2D eigenvalue weighted by Gasteiger charge is -2.13. The minimum absolute atomic E-state index is 0.101. The molecule has 20 heavy (non-hydrogen) atoms. The van der Waals surface area contributed by atoms with Crippen molar-refractivity contribution in [3.63, 3.8) is 0 Å². The van der Waals surface area contributed by atoms with Crippen LogP contribution in [0.15, 0.2) is 18.7 Å². The number of aryl methyl sites for hydroxylation is 1. The largest absolute Gasteiger partial charge is 0.483 e. The Morgan fingerprint density at radius 2 is 1.90 bits per heavy atom. The van der Waals surface area contributed by atoms with Gasteiger partial charge in [0.15, 0.2) is 0 Å². The van der Waals surface area contributed by atoms with Crippen molar-refractivity contribution < 1.29 is 29.7 Å². The Labute approximate surface area is 116 Å². The molecule has 1 rings (SSSR count). The molecule has 1 heterocycles. The van der Waals surface area contributed by atoms with Crippen LogP contribution in [0.3, 0.4) is 0 Å². The molecule has 0 saturated heterocycles. The summed E-state index contributed by atoms with van der Waals surface area (Å²) in [6.07, 6.45) is 6.33. The highest BCUT2D eigenvalue weighted by molar-refractivity contribution is 5.68. The van der Waals surface area contributed by atoms with E-state index in [0.717, 1.165) is 19.5 Å². The van der Waals surface area contributed by atoms with Crippen LogP contribution in [0.25, 0.3) is 0 Å². The zero-order chi connectivity index (χ0) is 15.8. The van der Waals surface area contributed by atoms with Crippen molar-refractivity contribution in [2.45, 2.75) is 13.0 Å². The predicted molar refractivity (Wildman–Crippen MR) is 69.4 cm³/mol. The van der Waals surface area contributed by atoms with Crippen LogP contribution in [0.1, 0.15) is 6.42 Å². The fraction of sp³-hybridized carbons (Fsp3) is 0.455. The van der Waals surface area contributed by atoms with E-state index in [1.807, 2.05) is 17.8 Å². The van der Waals surface area contributed by atoms with E-state index in [1.54, 1.807) is 17.4 Å². The van der Waals surface area contributed by atoms with Gasteiger partial charge in [-0.1, -0.05) is 0 Å². The fourth-order valence-electron chi connectivity index (χ4n) is 1.25. The third-order valence-electron chi connectivity index (χ3n) is 1.92. The van der Waals surface area contributed by atoms with Gasteiger partial charge in [-0.2, -0.15) is 0 Å². The number of imidazole rings is 1. The van der Waals surface area contributed by atoms with Gasteiger partial charge >= 0.3 is 5.97 Å². The van der Waals surface area contributed by atoms with Crippen LogP contribution >= 0.6 is 0 Å². The third kappa shape index (κ3) is 15.6. The number of nitrogens with zero attached hydrogens (tertiary/aromatic N) is 3. The van der Waals surface area contributed by atoms with Gasteiger partial charge in [0.1, 0.15) is 0 Å². The first-order chi connectivity index (χ1) is 9.51. The van der Waals surface area contributed by atoms with Gasteiger partial charge in [0.25, 0.3) is 12.9 Å². The molecule has 0 aromatic carbocycles. The molecular weight excluding hydrogens is 270 g/mol. The summed E-state index contributed by atoms with van der Waals surface area (Å²) >= 11 is 0. The zero-order valence-corrected chi connectivity index (χ0v) is 11.1. The van der Waals surface area contributed by atoms with E-state index in [2.05, 4.69) is 4.98 Å². The number of likely N-dealkylation sites (N-methyl/N-ethyl adjacent to an activating group) is 1. The standard InChI is InChI=1S/C9H15N3O2.2CH2O2/c1-11(7-9(13)14)4-2-5-12-6-3-10-8-12;2*2-1-3/h3,6,8H,2,4-5,7H2,1H3,(H,13,14);2*1H,(H,2,3). The average molecular weight is 289 g/mol. The SMILES string of the molecule is CN(CCCn1ccnc1)CC(=O)O.O=CO.O=CO. The fourth-order valence-corrected chi connectivity index (χ4v) is 1.25. The van der Waals surface area contributed by atoms with Crippen molar-refractivity contribution >= 4 is 18.9 Å². The molecule has 1 aromatic rings. The molecule has 9 heteroatoms. The van der Waals surface area contributed by atoms with Crippen LogP contribution in [0.2, 0.25) is 0 Å². The highest BCUT2D eigenvalue weighted by atomic mass is 16.4. The number of aromatic nitrogens is 2. The molecule has 0 aliphatic carbocycles. The second-order valence-electron chi connectivity index (χ2n) is 3.50. The summed E-state index contributed by atoms with van der Waals surface area (Å²) < 4.78 is 1.98. The van der Waals surface area contributed by atoms with Gasteiger partial charge in [0.2, 0.25) is 0 Å². The average Bonchev–Trinajstić information content (AvgIpc) is 2.83. The van der Waals surface area contributed by atoms with Crippen molar-refractivity contribution in [3.05, 3.63) is 18.7 Å². The molecule has 114 valence electrons. The number of hydrogen-bond acceptors (Lipinski definition) is 5.